The van der Waals surface area contributed by atoms with Gasteiger partial charge in [-0.25, -0.2) is 0 Å². The SMILES string of the molecule is COc1ccc(/C(O)=C2\C(=O)C(=O)N(Cc3cc(C)ccc3C)C2c2cccnc2)cc1. The topological polar surface area (TPSA) is 79.7 Å². The van der Waals surface area contributed by atoms with Crippen LogP contribution in [-0.2, 0) is 16.1 Å². The number of rotatable bonds is 5. The molecular formula is C26H24N2O4. The Morgan fingerprint density at radius 2 is 1.84 bits per heavy atom. The van der Waals surface area contributed by atoms with Crippen LogP contribution < -0.4 is 4.74 Å². The molecule has 3 aromatic rings. The van der Waals surface area contributed by atoms with Gasteiger partial charge in [0.25, 0.3) is 11.7 Å². The Morgan fingerprint density at radius 1 is 1.09 bits per heavy atom. The maximum absolute atomic E-state index is 13.1. The van der Waals surface area contributed by atoms with Gasteiger partial charge in [0.1, 0.15) is 11.5 Å². The smallest absolute Gasteiger partial charge is 0.295 e. The predicted octanol–water partition coefficient (Wildman–Crippen LogP) is 4.33. The van der Waals surface area contributed by atoms with Gasteiger partial charge >= 0.3 is 0 Å². The molecule has 0 radical (unpaired) electrons. The third-order valence-electron chi connectivity index (χ3n) is 5.75. The number of pyridine rings is 1. The molecule has 1 N–H and O–H groups in total. The predicted molar refractivity (Wildman–Crippen MR) is 121 cm³/mol. The van der Waals surface area contributed by atoms with E-state index in [2.05, 4.69) is 4.98 Å². The van der Waals surface area contributed by atoms with Gasteiger partial charge in [0.15, 0.2) is 0 Å². The van der Waals surface area contributed by atoms with Crippen molar-refractivity contribution >= 4 is 17.4 Å². The van der Waals surface area contributed by atoms with E-state index in [-0.39, 0.29) is 17.9 Å². The zero-order valence-electron chi connectivity index (χ0n) is 18.2. The van der Waals surface area contributed by atoms with Crippen molar-refractivity contribution in [2.24, 2.45) is 0 Å². The number of ketones is 1. The highest BCUT2D eigenvalue weighted by Crippen LogP contribution is 2.40. The molecule has 1 aliphatic heterocycles. The van der Waals surface area contributed by atoms with Crippen molar-refractivity contribution in [3.8, 4) is 5.75 Å². The first-order chi connectivity index (χ1) is 15.4. The lowest BCUT2D eigenvalue weighted by Crippen LogP contribution is -2.29. The first-order valence-electron chi connectivity index (χ1n) is 10.3. The molecule has 1 amide bonds. The number of aryl methyl sites for hydroxylation is 2. The standard InChI is InChI=1S/C26H24N2O4/c1-16-6-7-17(2)20(13-16)15-28-23(19-5-4-12-27-14-19)22(25(30)26(28)31)24(29)18-8-10-21(32-3)11-9-18/h4-14,23,29H,15H2,1-3H3/b24-22+. The maximum atomic E-state index is 13.1. The van der Waals surface area contributed by atoms with E-state index in [9.17, 15) is 14.7 Å². The summed E-state index contributed by atoms with van der Waals surface area (Å²) in [6, 6.07) is 15.5. The Morgan fingerprint density at radius 3 is 2.50 bits per heavy atom. The Labute approximate surface area is 186 Å². The summed E-state index contributed by atoms with van der Waals surface area (Å²) in [5, 5.41) is 11.1. The maximum Gasteiger partial charge on any atom is 0.295 e. The molecule has 2 aromatic carbocycles. The van der Waals surface area contributed by atoms with Gasteiger partial charge in [0.05, 0.1) is 18.7 Å². The fourth-order valence-electron chi connectivity index (χ4n) is 3.99. The van der Waals surface area contributed by atoms with Crippen LogP contribution in [-0.4, -0.2) is 33.8 Å². The number of aliphatic hydroxyl groups excluding tert-OH is 1. The minimum Gasteiger partial charge on any atom is -0.507 e. The molecule has 1 atom stereocenters. The Hall–Kier alpha value is -3.93. The minimum absolute atomic E-state index is 0.0541. The summed E-state index contributed by atoms with van der Waals surface area (Å²) in [7, 11) is 1.55. The molecule has 1 unspecified atom stereocenters. The third-order valence-corrected chi connectivity index (χ3v) is 5.75. The van der Waals surface area contributed by atoms with Gasteiger partial charge in [0.2, 0.25) is 0 Å². The van der Waals surface area contributed by atoms with Crippen molar-refractivity contribution in [3.63, 3.8) is 0 Å². The first-order valence-corrected chi connectivity index (χ1v) is 10.3. The monoisotopic (exact) mass is 428 g/mol. The van der Waals surface area contributed by atoms with Crippen LogP contribution in [0.3, 0.4) is 0 Å². The van der Waals surface area contributed by atoms with Crippen LogP contribution in [0.4, 0.5) is 0 Å². The molecule has 0 saturated carbocycles. The van der Waals surface area contributed by atoms with Crippen molar-refractivity contribution in [2.45, 2.75) is 26.4 Å². The molecule has 1 aliphatic rings. The molecule has 1 saturated heterocycles. The lowest BCUT2D eigenvalue weighted by Gasteiger charge is -2.26. The van der Waals surface area contributed by atoms with Crippen molar-refractivity contribution < 1.29 is 19.4 Å². The van der Waals surface area contributed by atoms with Crippen LogP contribution in [0.25, 0.3) is 5.76 Å². The number of ether oxygens (including phenoxy) is 1. The number of nitrogens with zero attached hydrogens (tertiary/aromatic N) is 2. The number of carbonyl (C=O) groups is 2. The number of amides is 1. The highest BCUT2D eigenvalue weighted by Gasteiger charge is 2.46. The Kier molecular flexibility index (Phi) is 5.77. The molecule has 1 aromatic heterocycles. The number of methoxy groups -OCH3 is 1. The summed E-state index contributed by atoms with van der Waals surface area (Å²) in [5.41, 5.74) is 4.19. The number of likely N-dealkylation sites (tertiary alicyclic amines) is 1. The molecule has 2 heterocycles. The van der Waals surface area contributed by atoms with Crippen molar-refractivity contribution in [1.82, 2.24) is 9.88 Å². The zero-order chi connectivity index (χ0) is 22.8. The van der Waals surface area contributed by atoms with Crippen molar-refractivity contribution in [2.75, 3.05) is 7.11 Å². The van der Waals surface area contributed by atoms with Crippen LogP contribution in [0.2, 0.25) is 0 Å². The van der Waals surface area contributed by atoms with Gasteiger partial charge in [0, 0.05) is 24.5 Å². The summed E-state index contributed by atoms with van der Waals surface area (Å²) in [5.74, 6) is -0.948. The van der Waals surface area contributed by atoms with Crippen molar-refractivity contribution in [3.05, 3.63) is 100 Å². The fourth-order valence-corrected chi connectivity index (χ4v) is 3.99. The Balaban J connectivity index is 1.84. The summed E-state index contributed by atoms with van der Waals surface area (Å²) in [6.45, 7) is 4.21. The Bertz CT molecular complexity index is 1200. The second-order valence-electron chi connectivity index (χ2n) is 7.87. The first kappa shape index (κ1) is 21.3. The quantitative estimate of drug-likeness (QED) is 0.372. The average molecular weight is 428 g/mol. The largest absolute Gasteiger partial charge is 0.507 e. The number of aliphatic hydroxyl groups is 1. The van der Waals surface area contributed by atoms with Crippen LogP contribution in [0, 0.1) is 13.8 Å². The lowest BCUT2D eigenvalue weighted by molar-refractivity contribution is -0.140. The summed E-state index contributed by atoms with van der Waals surface area (Å²) >= 11 is 0. The minimum atomic E-state index is -0.745. The molecule has 32 heavy (non-hydrogen) atoms. The molecule has 1 fully saturated rings. The molecule has 6 heteroatoms. The fraction of sp³-hybridized carbons (Fsp3) is 0.192. The van der Waals surface area contributed by atoms with Gasteiger partial charge in [-0.1, -0.05) is 29.8 Å². The van der Waals surface area contributed by atoms with Crippen molar-refractivity contribution in [1.29, 1.82) is 0 Å². The van der Waals surface area contributed by atoms with Gasteiger partial charge < -0.3 is 14.7 Å². The van der Waals surface area contributed by atoms with Crippen LogP contribution in [0.1, 0.15) is 33.9 Å². The average Bonchev–Trinajstić information content (AvgIpc) is 3.06. The number of carbonyl (C=O) groups excluding carboxylic acids is 2. The van der Waals surface area contributed by atoms with E-state index in [0.29, 0.717) is 16.9 Å². The normalized spacial score (nSPS) is 17.6. The van der Waals surface area contributed by atoms with E-state index in [4.69, 9.17) is 4.74 Å². The molecule has 6 nitrogen and oxygen atoms in total. The highest BCUT2D eigenvalue weighted by molar-refractivity contribution is 6.46. The van der Waals surface area contributed by atoms with Crippen LogP contribution >= 0.6 is 0 Å². The van der Waals surface area contributed by atoms with E-state index in [1.54, 1.807) is 55.9 Å². The second-order valence-corrected chi connectivity index (χ2v) is 7.87. The molecule has 0 aliphatic carbocycles. The molecule has 4 rings (SSSR count). The number of aromatic nitrogens is 1. The van der Waals surface area contributed by atoms with E-state index >= 15 is 0 Å². The van der Waals surface area contributed by atoms with E-state index < -0.39 is 17.7 Å². The molecule has 0 spiro atoms. The second kappa shape index (κ2) is 8.67. The molecule has 0 bridgehead atoms. The van der Waals surface area contributed by atoms with E-state index in [1.165, 1.54) is 4.90 Å². The third kappa shape index (κ3) is 3.87. The number of benzene rings is 2. The van der Waals surface area contributed by atoms with Crippen LogP contribution in [0.5, 0.6) is 5.75 Å². The lowest BCUT2D eigenvalue weighted by atomic mass is 9.96. The van der Waals surface area contributed by atoms with E-state index in [0.717, 1.165) is 16.7 Å². The summed E-state index contributed by atoms with van der Waals surface area (Å²) < 4.78 is 5.17. The number of Topliss-reactive ketones (excluding diaryl/α,β-unsaturated/α-hetero) is 1. The highest BCUT2D eigenvalue weighted by atomic mass is 16.5. The summed E-state index contributed by atoms with van der Waals surface area (Å²) in [6.07, 6.45) is 3.25. The van der Waals surface area contributed by atoms with Gasteiger partial charge in [-0.15, -0.1) is 0 Å². The number of hydrogen-bond acceptors (Lipinski definition) is 5. The van der Waals surface area contributed by atoms with Crippen LogP contribution in [0.15, 0.2) is 72.6 Å². The zero-order valence-corrected chi connectivity index (χ0v) is 18.2. The van der Waals surface area contributed by atoms with Gasteiger partial charge in [-0.3, -0.25) is 14.6 Å². The van der Waals surface area contributed by atoms with E-state index in [1.807, 2.05) is 32.0 Å². The number of hydrogen-bond donors (Lipinski definition) is 1. The van der Waals surface area contributed by atoms with Gasteiger partial charge in [-0.05, 0) is 60.9 Å². The summed E-state index contributed by atoms with van der Waals surface area (Å²) in [4.78, 5) is 31.9. The molecule has 162 valence electrons. The molecular weight excluding hydrogens is 404 g/mol. The van der Waals surface area contributed by atoms with Gasteiger partial charge in [-0.2, -0.15) is 0 Å².